The molecule has 0 bridgehead atoms. The smallest absolute Gasteiger partial charge is 0.396 e. The van der Waals surface area contributed by atoms with Crippen LogP contribution in [0, 0.1) is 5.92 Å². The number of azide groups is 1. The van der Waals surface area contributed by atoms with Crippen molar-refractivity contribution in [1.82, 2.24) is 0 Å². The van der Waals surface area contributed by atoms with E-state index >= 15 is 0 Å². The van der Waals surface area contributed by atoms with Crippen molar-refractivity contribution in [2.24, 2.45) is 11.0 Å². The van der Waals surface area contributed by atoms with Crippen molar-refractivity contribution < 1.29 is 9.53 Å². The average Bonchev–Trinajstić information content (AvgIpc) is 2.28. The first-order chi connectivity index (χ1) is 7.72. The van der Waals surface area contributed by atoms with E-state index in [1.54, 1.807) is 0 Å². The molecule has 0 unspecified atom stereocenters. The number of ether oxygens (including phenoxy) is 1. The van der Waals surface area contributed by atoms with Crippen LogP contribution in [0.15, 0.2) is 35.4 Å². The van der Waals surface area contributed by atoms with Crippen molar-refractivity contribution in [2.45, 2.75) is 13.3 Å². The highest BCUT2D eigenvalue weighted by molar-refractivity contribution is 5.67. The number of hydrogen-bond donors (Lipinski definition) is 0. The van der Waals surface area contributed by atoms with Gasteiger partial charge in [0.05, 0.1) is 6.61 Å². The molecule has 0 aromatic heterocycles. The zero-order valence-corrected chi connectivity index (χ0v) is 9.04. The van der Waals surface area contributed by atoms with Crippen LogP contribution >= 0.6 is 0 Å². The van der Waals surface area contributed by atoms with Gasteiger partial charge in [-0.1, -0.05) is 37.3 Å². The molecule has 0 aliphatic rings. The van der Waals surface area contributed by atoms with Crippen molar-refractivity contribution in [3.8, 4) is 0 Å². The maximum Gasteiger partial charge on any atom is 0.396 e. The minimum Gasteiger partial charge on any atom is -0.461 e. The van der Waals surface area contributed by atoms with E-state index in [1.165, 1.54) is 5.56 Å². The van der Waals surface area contributed by atoms with Crippen LogP contribution < -0.4 is 0 Å². The highest BCUT2D eigenvalue weighted by atomic mass is 16.5. The SMILES string of the molecule is C[C@@H](COC(=O)N=[N+]=[N-])Cc1ccccc1. The Morgan fingerprint density at radius 3 is 2.81 bits per heavy atom. The zero-order chi connectivity index (χ0) is 11.8. The number of amides is 1. The molecule has 84 valence electrons. The third kappa shape index (κ3) is 4.48. The second-order valence-corrected chi connectivity index (χ2v) is 3.56. The fourth-order valence-corrected chi connectivity index (χ4v) is 1.35. The van der Waals surface area contributed by atoms with E-state index < -0.39 is 6.09 Å². The summed E-state index contributed by atoms with van der Waals surface area (Å²) in [6, 6.07) is 9.93. The van der Waals surface area contributed by atoms with Gasteiger partial charge >= 0.3 is 6.09 Å². The Balaban J connectivity index is 2.34. The predicted octanol–water partition coefficient (Wildman–Crippen LogP) is 3.31. The lowest BCUT2D eigenvalue weighted by Gasteiger charge is -2.10. The van der Waals surface area contributed by atoms with Gasteiger partial charge in [-0.25, -0.2) is 4.79 Å². The number of carbonyl (C=O) groups excluding carboxylic acids is 1. The number of carbonyl (C=O) groups is 1. The summed E-state index contributed by atoms with van der Waals surface area (Å²) in [6.45, 7) is 2.23. The van der Waals surface area contributed by atoms with Crippen molar-refractivity contribution in [1.29, 1.82) is 0 Å². The van der Waals surface area contributed by atoms with Gasteiger partial charge in [-0.05, 0) is 23.4 Å². The maximum absolute atomic E-state index is 10.8. The molecule has 1 aromatic rings. The summed E-state index contributed by atoms with van der Waals surface area (Å²) < 4.78 is 4.76. The molecule has 0 aliphatic heterocycles. The Bertz CT molecular complexity index is 385. The summed E-state index contributed by atoms with van der Waals surface area (Å²) in [5, 5.41) is 2.82. The van der Waals surface area contributed by atoms with Crippen LogP contribution in [0.3, 0.4) is 0 Å². The van der Waals surface area contributed by atoms with Crippen LogP contribution in [0.1, 0.15) is 12.5 Å². The first-order valence-corrected chi connectivity index (χ1v) is 4.98. The quantitative estimate of drug-likeness (QED) is 0.442. The molecule has 0 radical (unpaired) electrons. The van der Waals surface area contributed by atoms with Gasteiger partial charge in [0.25, 0.3) is 0 Å². The number of benzene rings is 1. The van der Waals surface area contributed by atoms with Crippen molar-refractivity contribution in [3.05, 3.63) is 46.3 Å². The summed E-state index contributed by atoms with van der Waals surface area (Å²) in [7, 11) is 0. The lowest BCUT2D eigenvalue weighted by atomic mass is 10.0. The maximum atomic E-state index is 10.8. The van der Waals surface area contributed by atoms with E-state index in [1.807, 2.05) is 37.3 Å². The fourth-order valence-electron chi connectivity index (χ4n) is 1.35. The summed E-state index contributed by atoms with van der Waals surface area (Å²) in [6.07, 6.45) is -0.0490. The van der Waals surface area contributed by atoms with E-state index in [0.717, 1.165) is 6.42 Å². The molecule has 0 spiro atoms. The van der Waals surface area contributed by atoms with Gasteiger partial charge in [-0.3, -0.25) is 0 Å². The molecular weight excluding hydrogens is 206 g/mol. The summed E-state index contributed by atoms with van der Waals surface area (Å²) >= 11 is 0. The Hall–Kier alpha value is -2.00. The molecule has 1 atom stereocenters. The minimum absolute atomic E-state index is 0.195. The molecule has 0 saturated carbocycles. The monoisotopic (exact) mass is 219 g/mol. The normalized spacial score (nSPS) is 11.3. The van der Waals surface area contributed by atoms with E-state index in [-0.39, 0.29) is 12.5 Å². The summed E-state index contributed by atoms with van der Waals surface area (Å²) in [5.41, 5.74) is 9.18. The van der Waals surface area contributed by atoms with Crippen molar-refractivity contribution in [3.63, 3.8) is 0 Å². The van der Waals surface area contributed by atoms with Gasteiger partial charge in [0.2, 0.25) is 0 Å². The number of nitrogens with zero attached hydrogens (tertiary/aromatic N) is 3. The van der Waals surface area contributed by atoms with Crippen LogP contribution in [-0.4, -0.2) is 12.7 Å². The molecule has 0 heterocycles. The lowest BCUT2D eigenvalue weighted by molar-refractivity contribution is 0.139. The van der Waals surface area contributed by atoms with Crippen molar-refractivity contribution >= 4 is 6.09 Å². The Morgan fingerprint density at radius 2 is 2.19 bits per heavy atom. The molecule has 0 N–H and O–H groups in total. The Morgan fingerprint density at radius 1 is 1.50 bits per heavy atom. The van der Waals surface area contributed by atoms with Crippen LogP contribution in [-0.2, 0) is 11.2 Å². The third-order valence-electron chi connectivity index (χ3n) is 2.04. The summed E-state index contributed by atoms with van der Waals surface area (Å²) in [4.78, 5) is 13.1. The molecule has 5 nitrogen and oxygen atoms in total. The predicted molar refractivity (Wildman–Crippen MR) is 59.8 cm³/mol. The number of hydrogen-bond acceptors (Lipinski definition) is 2. The first-order valence-electron chi connectivity index (χ1n) is 4.98. The van der Waals surface area contributed by atoms with Gasteiger partial charge in [0.1, 0.15) is 0 Å². The highest BCUT2D eigenvalue weighted by Crippen LogP contribution is 2.08. The molecule has 5 heteroatoms. The van der Waals surface area contributed by atoms with Crippen LogP contribution in [0.5, 0.6) is 0 Å². The standard InChI is InChI=1S/C11H13N3O2/c1-9(8-16-11(15)13-14-12)7-10-5-3-2-4-6-10/h2-6,9H,7-8H2,1H3/t9-/m1/s1. The largest absolute Gasteiger partial charge is 0.461 e. The molecule has 0 saturated heterocycles. The third-order valence-corrected chi connectivity index (χ3v) is 2.04. The van der Waals surface area contributed by atoms with Gasteiger partial charge in [0, 0.05) is 10.0 Å². The topological polar surface area (TPSA) is 75.1 Å². The van der Waals surface area contributed by atoms with Crippen LogP contribution in [0.25, 0.3) is 10.4 Å². The summed E-state index contributed by atoms with van der Waals surface area (Å²) in [5.74, 6) is 0.195. The molecule has 1 amide bonds. The second-order valence-electron chi connectivity index (χ2n) is 3.56. The molecule has 0 fully saturated rings. The van der Waals surface area contributed by atoms with Gasteiger partial charge in [-0.2, -0.15) is 0 Å². The minimum atomic E-state index is -0.873. The van der Waals surface area contributed by atoms with E-state index in [0.29, 0.717) is 0 Å². The Kier molecular flexibility index (Phi) is 4.89. The van der Waals surface area contributed by atoms with Crippen molar-refractivity contribution in [2.75, 3.05) is 6.61 Å². The molecule has 1 rings (SSSR count). The highest BCUT2D eigenvalue weighted by Gasteiger charge is 2.06. The average molecular weight is 219 g/mol. The Labute approximate surface area is 93.7 Å². The zero-order valence-electron chi connectivity index (χ0n) is 9.04. The van der Waals surface area contributed by atoms with Crippen LogP contribution in [0.4, 0.5) is 4.79 Å². The molecular formula is C11H13N3O2. The van der Waals surface area contributed by atoms with Crippen LogP contribution in [0.2, 0.25) is 0 Å². The molecule has 16 heavy (non-hydrogen) atoms. The lowest BCUT2D eigenvalue weighted by Crippen LogP contribution is -2.11. The van der Waals surface area contributed by atoms with E-state index in [4.69, 9.17) is 10.3 Å². The first kappa shape index (κ1) is 12.1. The van der Waals surface area contributed by atoms with E-state index in [2.05, 4.69) is 10.0 Å². The van der Waals surface area contributed by atoms with E-state index in [9.17, 15) is 4.79 Å². The number of rotatable bonds is 4. The fraction of sp³-hybridized carbons (Fsp3) is 0.364. The molecule has 1 aromatic carbocycles. The van der Waals surface area contributed by atoms with Gasteiger partial charge in [0.15, 0.2) is 0 Å². The molecule has 0 aliphatic carbocycles. The van der Waals surface area contributed by atoms with Gasteiger partial charge in [-0.15, -0.1) is 0 Å². The van der Waals surface area contributed by atoms with Gasteiger partial charge < -0.3 is 4.74 Å². The second kappa shape index (κ2) is 6.48.